The van der Waals surface area contributed by atoms with Crippen LogP contribution in [0.2, 0.25) is 0 Å². The Morgan fingerprint density at radius 2 is 2.05 bits per heavy atom. The number of carbonyl (C=O) groups excluding carboxylic acids is 1. The van der Waals surface area contributed by atoms with Crippen LogP contribution in [0.4, 0.5) is 4.79 Å². The maximum absolute atomic E-state index is 12.1. The van der Waals surface area contributed by atoms with Gasteiger partial charge >= 0.3 is 12.0 Å². The average molecular weight is 270 g/mol. The zero-order valence-corrected chi connectivity index (χ0v) is 11.4. The molecule has 1 unspecified atom stereocenters. The van der Waals surface area contributed by atoms with Gasteiger partial charge in [0.05, 0.1) is 6.10 Å². The van der Waals surface area contributed by atoms with Gasteiger partial charge in [0.1, 0.15) is 6.04 Å². The molecule has 1 aliphatic carbocycles. The summed E-state index contributed by atoms with van der Waals surface area (Å²) >= 11 is 0. The first-order chi connectivity index (χ1) is 8.78. The van der Waals surface area contributed by atoms with E-state index in [9.17, 15) is 14.7 Å². The van der Waals surface area contributed by atoms with Gasteiger partial charge in [0, 0.05) is 19.0 Å². The topological polar surface area (TPSA) is 89.9 Å². The number of nitrogens with one attached hydrogen (secondary N) is 1. The zero-order valence-electron chi connectivity index (χ0n) is 11.4. The summed E-state index contributed by atoms with van der Waals surface area (Å²) in [7, 11) is 0. The van der Waals surface area contributed by atoms with Crippen molar-refractivity contribution in [2.45, 2.75) is 57.7 Å². The first-order valence-corrected chi connectivity index (χ1v) is 6.76. The van der Waals surface area contributed by atoms with E-state index >= 15 is 0 Å². The first kappa shape index (κ1) is 14.1. The maximum atomic E-state index is 12.1. The molecule has 2 rings (SSSR count). The molecular formula is C13H22N2O4. The molecule has 108 valence electrons. The van der Waals surface area contributed by atoms with E-state index in [-0.39, 0.29) is 30.5 Å². The minimum Gasteiger partial charge on any atom is -0.480 e. The van der Waals surface area contributed by atoms with E-state index in [1.807, 2.05) is 0 Å². The molecule has 1 aliphatic heterocycles. The lowest BCUT2D eigenvalue weighted by Gasteiger charge is -2.24. The molecule has 0 aromatic carbocycles. The van der Waals surface area contributed by atoms with Crippen LogP contribution in [0.15, 0.2) is 0 Å². The predicted octanol–water partition coefficient (Wildman–Crippen LogP) is 0.794. The Morgan fingerprint density at radius 3 is 2.58 bits per heavy atom. The second kappa shape index (κ2) is 5.00. The van der Waals surface area contributed by atoms with Crippen LogP contribution >= 0.6 is 0 Å². The number of β-amino-alcohol motifs (C(OH)–C–C–N with tert-alkyl or cyclic N) is 1. The third-order valence-electron chi connectivity index (χ3n) is 4.12. The van der Waals surface area contributed by atoms with Gasteiger partial charge in [-0.2, -0.15) is 0 Å². The second-order valence-corrected chi connectivity index (χ2v) is 6.45. The Balaban J connectivity index is 1.94. The van der Waals surface area contributed by atoms with Crippen molar-refractivity contribution in [3.8, 4) is 0 Å². The highest BCUT2D eigenvalue weighted by molar-refractivity contribution is 5.83. The van der Waals surface area contributed by atoms with Gasteiger partial charge in [-0.3, -0.25) is 0 Å². The fraction of sp³-hybridized carbons (Fsp3) is 0.846. The highest BCUT2D eigenvalue weighted by Crippen LogP contribution is 2.37. The van der Waals surface area contributed by atoms with Crippen molar-refractivity contribution in [2.75, 3.05) is 6.54 Å². The van der Waals surface area contributed by atoms with Crippen molar-refractivity contribution in [2.24, 2.45) is 5.41 Å². The number of rotatable bonds is 2. The number of carbonyl (C=O) groups is 2. The summed E-state index contributed by atoms with van der Waals surface area (Å²) in [6.07, 6.45) is 2.26. The largest absolute Gasteiger partial charge is 0.480 e. The van der Waals surface area contributed by atoms with Crippen molar-refractivity contribution >= 4 is 12.0 Å². The first-order valence-electron chi connectivity index (χ1n) is 6.76. The van der Waals surface area contributed by atoms with Crippen molar-refractivity contribution in [3.05, 3.63) is 0 Å². The quantitative estimate of drug-likeness (QED) is 0.692. The van der Waals surface area contributed by atoms with Gasteiger partial charge in [-0.25, -0.2) is 9.59 Å². The Morgan fingerprint density at radius 1 is 1.37 bits per heavy atom. The van der Waals surface area contributed by atoms with Gasteiger partial charge in [0.2, 0.25) is 0 Å². The van der Waals surface area contributed by atoms with Crippen molar-refractivity contribution in [1.29, 1.82) is 0 Å². The van der Waals surface area contributed by atoms with E-state index in [1.165, 1.54) is 4.90 Å². The molecule has 0 aromatic heterocycles. The molecule has 0 spiro atoms. The van der Waals surface area contributed by atoms with E-state index in [1.54, 1.807) is 0 Å². The lowest BCUT2D eigenvalue weighted by molar-refractivity contribution is -0.141. The smallest absolute Gasteiger partial charge is 0.326 e. The molecular weight excluding hydrogens is 248 g/mol. The Bertz CT molecular complexity index is 383. The Kier molecular flexibility index (Phi) is 3.71. The fourth-order valence-electron chi connectivity index (χ4n) is 3.09. The molecule has 3 N–H and O–H groups in total. The number of hydrogen-bond donors (Lipinski definition) is 3. The molecule has 1 saturated heterocycles. The number of nitrogens with zero attached hydrogens (tertiary/aromatic N) is 1. The van der Waals surface area contributed by atoms with Crippen LogP contribution < -0.4 is 5.32 Å². The third-order valence-corrected chi connectivity index (χ3v) is 4.12. The van der Waals surface area contributed by atoms with E-state index in [4.69, 9.17) is 5.11 Å². The molecule has 2 aliphatic rings. The van der Waals surface area contributed by atoms with Gasteiger partial charge in [-0.15, -0.1) is 0 Å². The molecule has 0 aromatic rings. The van der Waals surface area contributed by atoms with Gasteiger partial charge in [0.15, 0.2) is 0 Å². The van der Waals surface area contributed by atoms with Crippen LogP contribution in [0.3, 0.4) is 0 Å². The van der Waals surface area contributed by atoms with Crippen LogP contribution in [-0.4, -0.2) is 51.8 Å². The minimum absolute atomic E-state index is 0.0961. The monoisotopic (exact) mass is 270 g/mol. The number of carboxylic acid groups (broad SMARTS) is 1. The summed E-state index contributed by atoms with van der Waals surface area (Å²) in [6, 6.07) is -1.18. The lowest BCUT2D eigenvalue weighted by atomic mass is 9.92. The minimum atomic E-state index is -1.06. The summed E-state index contributed by atoms with van der Waals surface area (Å²) in [5.74, 6) is -1.06. The molecule has 3 atom stereocenters. The number of aliphatic hydroxyl groups excluding tert-OH is 1. The predicted molar refractivity (Wildman–Crippen MR) is 68.7 cm³/mol. The van der Waals surface area contributed by atoms with E-state index in [0.29, 0.717) is 0 Å². The lowest BCUT2D eigenvalue weighted by Crippen LogP contribution is -2.48. The van der Waals surface area contributed by atoms with Crippen LogP contribution in [0.25, 0.3) is 0 Å². The van der Waals surface area contributed by atoms with Crippen molar-refractivity contribution in [1.82, 2.24) is 10.2 Å². The Labute approximate surface area is 112 Å². The number of hydrogen-bond acceptors (Lipinski definition) is 3. The summed E-state index contributed by atoms with van der Waals surface area (Å²) in [5, 5.41) is 21.5. The molecule has 6 nitrogen and oxygen atoms in total. The molecule has 0 bridgehead atoms. The van der Waals surface area contributed by atoms with E-state index in [0.717, 1.165) is 19.3 Å². The summed E-state index contributed by atoms with van der Waals surface area (Å²) in [5.41, 5.74) is 0.231. The van der Waals surface area contributed by atoms with Crippen LogP contribution in [0, 0.1) is 5.41 Å². The van der Waals surface area contributed by atoms with Gasteiger partial charge < -0.3 is 20.4 Å². The zero-order chi connectivity index (χ0) is 14.2. The molecule has 2 fully saturated rings. The van der Waals surface area contributed by atoms with Crippen LogP contribution in [-0.2, 0) is 4.79 Å². The average Bonchev–Trinajstić information content (AvgIpc) is 2.82. The summed E-state index contributed by atoms with van der Waals surface area (Å²) in [4.78, 5) is 24.4. The number of carboxylic acids is 1. The number of urea groups is 1. The van der Waals surface area contributed by atoms with E-state index in [2.05, 4.69) is 19.2 Å². The number of amides is 2. The van der Waals surface area contributed by atoms with E-state index < -0.39 is 18.1 Å². The van der Waals surface area contributed by atoms with Crippen molar-refractivity contribution in [3.63, 3.8) is 0 Å². The van der Waals surface area contributed by atoms with Crippen molar-refractivity contribution < 1.29 is 19.8 Å². The molecule has 1 saturated carbocycles. The number of likely N-dealkylation sites (tertiary alicyclic amines) is 1. The normalized spacial score (nSPS) is 33.4. The summed E-state index contributed by atoms with van der Waals surface area (Å²) < 4.78 is 0. The Hall–Kier alpha value is -1.30. The van der Waals surface area contributed by atoms with Crippen LogP contribution in [0.1, 0.15) is 39.5 Å². The fourth-order valence-corrected chi connectivity index (χ4v) is 3.09. The highest BCUT2D eigenvalue weighted by atomic mass is 16.4. The van der Waals surface area contributed by atoms with Gasteiger partial charge in [0.25, 0.3) is 0 Å². The highest BCUT2D eigenvalue weighted by Gasteiger charge is 2.40. The standard InChI is InChI=1S/C13H22N2O4/c1-13(2)4-3-8(6-13)14-12(19)15-7-9(16)5-10(15)11(17)18/h8-10,16H,3-7H2,1-2H3,(H,14,19)(H,17,18)/t8?,9-,10-/m1/s1. The molecule has 0 radical (unpaired) electrons. The second-order valence-electron chi connectivity index (χ2n) is 6.45. The molecule has 6 heteroatoms. The molecule has 1 heterocycles. The van der Waals surface area contributed by atoms with Crippen LogP contribution in [0.5, 0.6) is 0 Å². The number of aliphatic carboxylic acids is 1. The molecule has 2 amide bonds. The van der Waals surface area contributed by atoms with Gasteiger partial charge in [-0.1, -0.05) is 13.8 Å². The molecule has 19 heavy (non-hydrogen) atoms. The third kappa shape index (κ3) is 3.18. The SMILES string of the molecule is CC1(C)CCC(NC(=O)N2C[C@H](O)C[C@@H]2C(=O)O)C1. The number of aliphatic hydroxyl groups is 1. The maximum Gasteiger partial charge on any atom is 0.326 e. The summed E-state index contributed by atoms with van der Waals surface area (Å²) in [6.45, 7) is 4.43. The van der Waals surface area contributed by atoms with Gasteiger partial charge in [-0.05, 0) is 24.7 Å².